The molecule has 3 aromatic heterocycles. The van der Waals surface area contributed by atoms with Crippen LogP contribution in [0.2, 0.25) is 0 Å². The SMILES string of the molecule is c1ccc(-p2c(-c3ccc(N(c4ccc(-c5cc6ccccc6p5-c5ccccc5)cc4)c4ccc(-c5cc6ccccc6p5-c5ccccc5)cc4)cc3)cc3ccccc32)cc1. The van der Waals surface area contributed by atoms with E-state index in [0.29, 0.717) is 0 Å². The van der Waals surface area contributed by atoms with Gasteiger partial charge in [0.15, 0.2) is 0 Å². The van der Waals surface area contributed by atoms with E-state index in [1.54, 1.807) is 0 Å². The van der Waals surface area contributed by atoms with Gasteiger partial charge < -0.3 is 4.90 Å². The van der Waals surface area contributed by atoms with Crippen LogP contribution in [0, 0.1) is 0 Å². The zero-order valence-corrected chi connectivity index (χ0v) is 37.7. The van der Waals surface area contributed by atoms with E-state index in [1.165, 1.54) is 80.0 Å². The molecule has 12 aromatic rings. The molecule has 0 aliphatic carbocycles. The smallest absolute Gasteiger partial charge is 0.0462 e. The van der Waals surface area contributed by atoms with Crippen molar-refractivity contribution >= 4 is 71.2 Å². The van der Waals surface area contributed by atoms with E-state index < -0.39 is 22.6 Å². The first kappa shape index (κ1) is 38.6. The number of hydrogen-bond donors (Lipinski definition) is 0. The molecule has 0 radical (unpaired) electrons. The molecule has 0 saturated heterocycles. The largest absolute Gasteiger partial charge is 0.311 e. The quantitative estimate of drug-likeness (QED) is 0.140. The van der Waals surface area contributed by atoms with Crippen LogP contribution in [0.5, 0.6) is 0 Å². The van der Waals surface area contributed by atoms with Gasteiger partial charge in [0.05, 0.1) is 0 Å². The van der Waals surface area contributed by atoms with Gasteiger partial charge >= 0.3 is 0 Å². The van der Waals surface area contributed by atoms with E-state index in [9.17, 15) is 0 Å². The zero-order valence-electron chi connectivity index (χ0n) is 35.0. The highest BCUT2D eigenvalue weighted by Gasteiger charge is 2.20. The van der Waals surface area contributed by atoms with Gasteiger partial charge in [-0.05, 0) is 103 Å². The highest BCUT2D eigenvalue weighted by Crippen LogP contribution is 2.58. The van der Waals surface area contributed by atoms with Crippen molar-refractivity contribution in [3.8, 4) is 48.5 Å². The van der Waals surface area contributed by atoms with Crippen LogP contribution < -0.4 is 4.90 Å². The molecule has 9 aromatic carbocycles. The zero-order chi connectivity index (χ0) is 42.4. The molecule has 0 N–H and O–H groups in total. The maximum atomic E-state index is 2.42. The van der Waals surface area contributed by atoms with Gasteiger partial charge in [0.1, 0.15) is 0 Å². The fraction of sp³-hybridized carbons (Fsp3) is 0. The molecular weight excluding hydrogens is 828 g/mol. The molecule has 0 aliphatic rings. The minimum absolute atomic E-state index is 0.661. The highest BCUT2D eigenvalue weighted by molar-refractivity contribution is 7.66. The summed E-state index contributed by atoms with van der Waals surface area (Å²) in [6.45, 7) is 0. The van der Waals surface area contributed by atoms with Crippen molar-refractivity contribution in [1.29, 1.82) is 0 Å². The second-order valence-electron chi connectivity index (χ2n) is 16.3. The molecule has 0 saturated carbocycles. The molecule has 0 amide bonds. The van der Waals surface area contributed by atoms with Crippen LogP contribution in [-0.4, -0.2) is 0 Å². The van der Waals surface area contributed by atoms with Gasteiger partial charge in [0.2, 0.25) is 0 Å². The summed E-state index contributed by atoms with van der Waals surface area (Å²) >= 11 is 0. The van der Waals surface area contributed by atoms with Gasteiger partial charge in [-0.1, -0.05) is 223 Å². The van der Waals surface area contributed by atoms with Crippen molar-refractivity contribution < 1.29 is 0 Å². The lowest BCUT2D eigenvalue weighted by molar-refractivity contribution is 1.28. The van der Waals surface area contributed by atoms with E-state index >= 15 is 0 Å². The molecule has 302 valence electrons. The molecule has 0 bridgehead atoms. The first-order chi connectivity index (χ1) is 31.7. The van der Waals surface area contributed by atoms with Crippen LogP contribution in [-0.2, 0) is 0 Å². The fourth-order valence-corrected chi connectivity index (χ4v) is 17.2. The van der Waals surface area contributed by atoms with E-state index in [2.05, 4.69) is 260 Å². The van der Waals surface area contributed by atoms with E-state index in [1.807, 2.05) is 0 Å². The number of benzene rings is 9. The van der Waals surface area contributed by atoms with Gasteiger partial charge in [-0.25, -0.2) is 0 Å². The van der Waals surface area contributed by atoms with Crippen LogP contribution in [0.1, 0.15) is 0 Å². The first-order valence-corrected chi connectivity index (χ1v) is 25.9. The molecule has 12 rings (SSSR count). The lowest BCUT2D eigenvalue weighted by Gasteiger charge is -2.26. The molecule has 3 unspecified atom stereocenters. The Labute approximate surface area is 377 Å². The van der Waals surface area contributed by atoms with E-state index in [0.717, 1.165) is 17.1 Å². The van der Waals surface area contributed by atoms with Gasteiger partial charge in [-0.15, -0.1) is 0 Å². The number of rotatable bonds is 9. The van der Waals surface area contributed by atoms with Crippen molar-refractivity contribution in [2.24, 2.45) is 0 Å². The fourth-order valence-electron chi connectivity index (χ4n) is 9.46. The summed E-state index contributed by atoms with van der Waals surface area (Å²) < 4.78 is 0. The number of anilines is 3. The van der Waals surface area contributed by atoms with E-state index in [4.69, 9.17) is 0 Å². The number of hydrogen-bond acceptors (Lipinski definition) is 1. The molecule has 0 spiro atoms. The van der Waals surface area contributed by atoms with Crippen LogP contribution >= 0.6 is 22.6 Å². The van der Waals surface area contributed by atoms with Crippen LogP contribution in [0.15, 0.2) is 255 Å². The van der Waals surface area contributed by atoms with Crippen molar-refractivity contribution in [3.63, 3.8) is 0 Å². The topological polar surface area (TPSA) is 3.24 Å². The maximum Gasteiger partial charge on any atom is 0.0462 e. The van der Waals surface area contributed by atoms with Crippen LogP contribution in [0.25, 0.3) is 80.0 Å². The average molecular weight is 870 g/mol. The Morgan fingerprint density at radius 3 is 0.766 bits per heavy atom. The van der Waals surface area contributed by atoms with Crippen molar-refractivity contribution in [1.82, 2.24) is 0 Å². The lowest BCUT2D eigenvalue weighted by Crippen LogP contribution is -2.09. The normalized spacial score (nSPS) is 12.3. The van der Waals surface area contributed by atoms with Gasteiger partial charge in [0.25, 0.3) is 0 Å². The molecule has 4 heteroatoms. The van der Waals surface area contributed by atoms with Crippen LogP contribution in [0.4, 0.5) is 17.1 Å². The molecule has 3 heterocycles. The molecule has 0 fully saturated rings. The standard InChI is InChI=1S/C60H42NP3/c1-4-19-52(20-5-1)62-55-25-13-10-16-46(55)40-58(62)43-28-34-49(35-29-43)61(50-36-30-44(31-37-50)59-41-47-17-11-14-26-56(47)63(59)53-21-6-2-7-22-53)51-38-32-45(33-39-51)60-42-48-18-12-15-27-57(48)64(60)54-23-8-3-9-24-54/h1-42H. The Balaban J connectivity index is 0.974. The molecular formula is C60H42NP3. The molecule has 1 nitrogen and oxygen atoms in total. The van der Waals surface area contributed by atoms with Crippen molar-refractivity contribution in [2.45, 2.75) is 0 Å². The average Bonchev–Trinajstić information content (AvgIpc) is 4.08. The number of nitrogens with zero attached hydrogens (tertiary/aromatic N) is 1. The Bertz CT molecular complexity index is 3180. The molecule has 64 heavy (non-hydrogen) atoms. The van der Waals surface area contributed by atoms with Crippen LogP contribution in [0.3, 0.4) is 0 Å². The van der Waals surface area contributed by atoms with E-state index in [-0.39, 0.29) is 0 Å². The predicted molar refractivity (Wildman–Crippen MR) is 282 cm³/mol. The summed E-state index contributed by atoms with van der Waals surface area (Å²) in [5, 5.41) is 16.6. The Morgan fingerprint density at radius 1 is 0.234 bits per heavy atom. The number of fused-ring (bicyclic) bond motifs is 3. The van der Waals surface area contributed by atoms with Gasteiger partial charge in [-0.2, -0.15) is 0 Å². The maximum absolute atomic E-state index is 2.42. The minimum atomic E-state index is -0.661. The second kappa shape index (κ2) is 16.5. The van der Waals surface area contributed by atoms with Gasteiger partial charge in [0, 0.05) is 48.3 Å². The Hall–Kier alpha value is -7.10. The predicted octanol–water partition coefficient (Wildman–Crippen LogP) is 19.5. The van der Waals surface area contributed by atoms with Crippen molar-refractivity contribution in [2.75, 3.05) is 4.90 Å². The Morgan fingerprint density at radius 2 is 0.484 bits per heavy atom. The van der Waals surface area contributed by atoms with Crippen molar-refractivity contribution in [3.05, 3.63) is 255 Å². The summed E-state index contributed by atoms with van der Waals surface area (Å²) in [6, 6.07) is 95.0. The molecule has 0 aliphatic heterocycles. The third kappa shape index (κ3) is 6.91. The second-order valence-corrected chi connectivity index (χ2v) is 22.7. The third-order valence-corrected chi connectivity index (χ3v) is 20.2. The summed E-state index contributed by atoms with van der Waals surface area (Å²) in [4.78, 5) is 2.42. The highest BCUT2D eigenvalue weighted by atomic mass is 31.1. The first-order valence-electron chi connectivity index (χ1n) is 21.8. The minimum Gasteiger partial charge on any atom is -0.311 e. The molecule has 3 atom stereocenters. The lowest BCUT2D eigenvalue weighted by atomic mass is 10.1. The summed E-state index contributed by atoms with van der Waals surface area (Å²) in [7, 11) is -1.98. The summed E-state index contributed by atoms with van der Waals surface area (Å²) in [6.07, 6.45) is 0. The Kier molecular flexibility index (Phi) is 9.97. The monoisotopic (exact) mass is 869 g/mol. The van der Waals surface area contributed by atoms with Gasteiger partial charge in [-0.3, -0.25) is 0 Å². The summed E-state index contributed by atoms with van der Waals surface area (Å²) in [5.41, 5.74) is 7.19. The summed E-state index contributed by atoms with van der Waals surface area (Å²) in [5.74, 6) is 0. The third-order valence-electron chi connectivity index (χ3n) is 12.4.